The fourth-order valence-corrected chi connectivity index (χ4v) is 2.70. The highest BCUT2D eigenvalue weighted by Gasteiger charge is 2.45. The molecule has 1 saturated heterocycles. The largest absolute Gasteiger partial charge is 0.356 e. The van der Waals surface area contributed by atoms with Crippen LogP contribution in [0.1, 0.15) is 33.1 Å². The van der Waals surface area contributed by atoms with E-state index in [9.17, 15) is 9.59 Å². The van der Waals surface area contributed by atoms with Crippen molar-refractivity contribution in [3.8, 4) is 0 Å². The van der Waals surface area contributed by atoms with Crippen molar-refractivity contribution < 1.29 is 9.59 Å². The highest BCUT2D eigenvalue weighted by atomic mass is 16.1. The summed E-state index contributed by atoms with van der Waals surface area (Å²) in [5.74, 6) is 1.02. The first-order valence-electron chi connectivity index (χ1n) is 5.28. The summed E-state index contributed by atoms with van der Waals surface area (Å²) in [4.78, 5) is 22.9. The number of fused-ring (bicyclic) bond motifs is 2. The Kier molecular flexibility index (Phi) is 2.13. The van der Waals surface area contributed by atoms with Gasteiger partial charge in [-0.15, -0.1) is 0 Å². The lowest BCUT2D eigenvalue weighted by atomic mass is 9.61. The molecular formula is C11H17NO2. The minimum Gasteiger partial charge on any atom is -0.356 e. The van der Waals surface area contributed by atoms with Gasteiger partial charge in [0.05, 0.1) is 0 Å². The lowest BCUT2D eigenvalue weighted by Crippen LogP contribution is -2.41. The summed E-state index contributed by atoms with van der Waals surface area (Å²) in [5, 5.41) is 2.90. The van der Waals surface area contributed by atoms with Crippen LogP contribution in [0.15, 0.2) is 0 Å². The lowest BCUT2D eigenvalue weighted by molar-refractivity contribution is -0.127. The van der Waals surface area contributed by atoms with Gasteiger partial charge in [-0.2, -0.15) is 0 Å². The van der Waals surface area contributed by atoms with Crippen LogP contribution in [0.5, 0.6) is 0 Å². The molecule has 0 aromatic rings. The number of amides is 1. The third-order valence-corrected chi connectivity index (χ3v) is 4.03. The number of hydrogen-bond donors (Lipinski definition) is 1. The van der Waals surface area contributed by atoms with Gasteiger partial charge >= 0.3 is 0 Å². The zero-order chi connectivity index (χ0) is 10.3. The highest BCUT2D eigenvalue weighted by molar-refractivity contribution is 5.83. The molecule has 0 aromatic heterocycles. The molecule has 2 bridgehead atoms. The molecule has 3 heteroatoms. The molecule has 0 aromatic carbocycles. The lowest BCUT2D eigenvalue weighted by Gasteiger charge is -2.42. The van der Waals surface area contributed by atoms with Crippen LogP contribution in [0.3, 0.4) is 0 Å². The van der Waals surface area contributed by atoms with E-state index in [0.717, 1.165) is 0 Å². The van der Waals surface area contributed by atoms with Crippen molar-refractivity contribution in [2.45, 2.75) is 33.1 Å². The van der Waals surface area contributed by atoms with Crippen LogP contribution in [-0.2, 0) is 9.59 Å². The van der Waals surface area contributed by atoms with Crippen molar-refractivity contribution in [1.82, 2.24) is 5.32 Å². The van der Waals surface area contributed by atoms with E-state index in [0.29, 0.717) is 37.5 Å². The zero-order valence-electron chi connectivity index (χ0n) is 8.80. The predicted octanol–water partition coefficient (Wildman–Crippen LogP) is 1.13. The Balaban J connectivity index is 2.30. The first-order valence-corrected chi connectivity index (χ1v) is 5.28. The van der Waals surface area contributed by atoms with E-state index in [1.54, 1.807) is 0 Å². The van der Waals surface area contributed by atoms with E-state index < -0.39 is 0 Å². The number of carbonyl (C=O) groups is 2. The third-order valence-electron chi connectivity index (χ3n) is 4.03. The first-order chi connectivity index (χ1) is 6.50. The van der Waals surface area contributed by atoms with E-state index in [-0.39, 0.29) is 17.2 Å². The Labute approximate surface area is 84.2 Å². The SMILES string of the molecule is CC1(C)C2CNC(=O)CC1CC(=O)C2. The molecule has 2 unspecified atom stereocenters. The van der Waals surface area contributed by atoms with E-state index in [2.05, 4.69) is 19.2 Å². The molecule has 2 atom stereocenters. The third kappa shape index (κ3) is 1.45. The Morgan fingerprint density at radius 1 is 1.14 bits per heavy atom. The van der Waals surface area contributed by atoms with Crippen molar-refractivity contribution in [3.63, 3.8) is 0 Å². The molecule has 1 heterocycles. The van der Waals surface area contributed by atoms with Gasteiger partial charge in [-0.05, 0) is 17.3 Å². The predicted molar refractivity (Wildman–Crippen MR) is 52.6 cm³/mol. The van der Waals surface area contributed by atoms with Crippen LogP contribution in [0.2, 0.25) is 0 Å². The quantitative estimate of drug-likeness (QED) is 0.629. The van der Waals surface area contributed by atoms with Gasteiger partial charge in [0, 0.05) is 25.8 Å². The van der Waals surface area contributed by atoms with Gasteiger partial charge in [0.2, 0.25) is 5.91 Å². The minimum atomic E-state index is 0.111. The fraction of sp³-hybridized carbons (Fsp3) is 0.818. The molecule has 0 radical (unpaired) electrons. The Bertz CT molecular complexity index is 281. The molecular weight excluding hydrogens is 178 g/mol. The average Bonchev–Trinajstić information content (AvgIpc) is 2.18. The monoisotopic (exact) mass is 195 g/mol. The number of nitrogens with one attached hydrogen (secondary N) is 1. The minimum absolute atomic E-state index is 0.111. The molecule has 3 nitrogen and oxygen atoms in total. The molecule has 1 saturated carbocycles. The van der Waals surface area contributed by atoms with E-state index >= 15 is 0 Å². The van der Waals surface area contributed by atoms with Crippen molar-refractivity contribution in [1.29, 1.82) is 0 Å². The van der Waals surface area contributed by atoms with Gasteiger partial charge in [0.15, 0.2) is 0 Å². The van der Waals surface area contributed by atoms with Gasteiger partial charge in [0.25, 0.3) is 0 Å². The van der Waals surface area contributed by atoms with Crippen molar-refractivity contribution in [3.05, 3.63) is 0 Å². The Hall–Kier alpha value is -0.860. The summed E-state index contributed by atoms with van der Waals surface area (Å²) in [6, 6.07) is 0. The molecule has 2 aliphatic rings. The van der Waals surface area contributed by atoms with Crippen molar-refractivity contribution in [2.75, 3.05) is 6.54 Å². The summed E-state index contributed by atoms with van der Waals surface area (Å²) in [5.41, 5.74) is 0.132. The second-order valence-corrected chi connectivity index (χ2v) is 5.17. The van der Waals surface area contributed by atoms with Gasteiger partial charge < -0.3 is 5.32 Å². The van der Waals surface area contributed by atoms with Gasteiger partial charge in [-0.3, -0.25) is 9.59 Å². The second-order valence-electron chi connectivity index (χ2n) is 5.17. The summed E-state index contributed by atoms with van der Waals surface area (Å²) >= 11 is 0. The van der Waals surface area contributed by atoms with Gasteiger partial charge in [0.1, 0.15) is 5.78 Å². The normalized spacial score (nSPS) is 36.1. The van der Waals surface area contributed by atoms with E-state index in [1.807, 2.05) is 0 Å². The van der Waals surface area contributed by atoms with Crippen LogP contribution in [-0.4, -0.2) is 18.2 Å². The van der Waals surface area contributed by atoms with Crippen LogP contribution in [0, 0.1) is 17.3 Å². The number of carbonyl (C=O) groups excluding carboxylic acids is 2. The molecule has 1 N–H and O–H groups in total. The molecule has 2 fully saturated rings. The molecule has 1 amide bonds. The Morgan fingerprint density at radius 3 is 2.50 bits per heavy atom. The second kappa shape index (κ2) is 3.07. The fourth-order valence-electron chi connectivity index (χ4n) is 2.70. The molecule has 14 heavy (non-hydrogen) atoms. The zero-order valence-corrected chi connectivity index (χ0v) is 8.80. The summed E-state index contributed by atoms with van der Waals surface area (Å²) < 4.78 is 0. The van der Waals surface area contributed by atoms with Crippen molar-refractivity contribution >= 4 is 11.7 Å². The first kappa shape index (κ1) is 9.69. The van der Waals surface area contributed by atoms with E-state index in [1.165, 1.54) is 0 Å². The van der Waals surface area contributed by atoms with Gasteiger partial charge in [-0.25, -0.2) is 0 Å². The molecule has 2 rings (SSSR count). The molecule has 0 spiro atoms. The maximum atomic E-state index is 11.5. The number of rotatable bonds is 0. The summed E-state index contributed by atoms with van der Waals surface area (Å²) in [6.07, 6.45) is 1.76. The molecule has 78 valence electrons. The van der Waals surface area contributed by atoms with Crippen LogP contribution in [0.25, 0.3) is 0 Å². The number of Topliss-reactive ketones (excluding diaryl/α,β-unsaturated/α-hetero) is 1. The van der Waals surface area contributed by atoms with Crippen molar-refractivity contribution in [2.24, 2.45) is 17.3 Å². The molecule has 1 aliphatic carbocycles. The molecule has 1 aliphatic heterocycles. The van der Waals surface area contributed by atoms with Crippen LogP contribution in [0.4, 0.5) is 0 Å². The number of hydrogen-bond acceptors (Lipinski definition) is 2. The maximum absolute atomic E-state index is 11.5. The van der Waals surface area contributed by atoms with Crippen LogP contribution >= 0.6 is 0 Å². The smallest absolute Gasteiger partial charge is 0.220 e. The summed E-state index contributed by atoms with van der Waals surface area (Å²) in [6.45, 7) is 5.05. The summed E-state index contributed by atoms with van der Waals surface area (Å²) in [7, 11) is 0. The average molecular weight is 195 g/mol. The number of ketones is 1. The van der Waals surface area contributed by atoms with Gasteiger partial charge in [-0.1, -0.05) is 13.8 Å². The topological polar surface area (TPSA) is 46.2 Å². The standard InChI is InChI=1S/C11H17NO2/c1-11(2)7-3-9(13)4-8(11)6-12-10(14)5-7/h7-8H,3-6H2,1-2H3,(H,12,14). The highest BCUT2D eigenvalue weighted by Crippen LogP contribution is 2.46. The van der Waals surface area contributed by atoms with E-state index in [4.69, 9.17) is 0 Å². The van der Waals surface area contributed by atoms with Crippen LogP contribution < -0.4 is 5.32 Å². The maximum Gasteiger partial charge on any atom is 0.220 e. The Morgan fingerprint density at radius 2 is 1.79 bits per heavy atom.